The SMILES string of the molecule is Cc1ccc(F)cc1CS(=O)c1ccc(Cl)cc1N. The van der Waals surface area contributed by atoms with Crippen molar-refractivity contribution in [2.75, 3.05) is 5.73 Å². The van der Waals surface area contributed by atoms with Crippen LogP contribution >= 0.6 is 11.6 Å². The molecule has 0 spiro atoms. The van der Waals surface area contributed by atoms with E-state index < -0.39 is 10.8 Å². The van der Waals surface area contributed by atoms with Gasteiger partial charge in [-0.05, 0) is 48.4 Å². The summed E-state index contributed by atoms with van der Waals surface area (Å²) < 4.78 is 25.5. The molecular weight excluding hydrogens is 285 g/mol. The van der Waals surface area contributed by atoms with Crippen molar-refractivity contribution in [1.82, 2.24) is 0 Å². The number of aryl methyl sites for hydroxylation is 1. The molecule has 19 heavy (non-hydrogen) atoms. The van der Waals surface area contributed by atoms with E-state index in [9.17, 15) is 8.60 Å². The zero-order valence-electron chi connectivity index (χ0n) is 10.3. The first-order chi connectivity index (χ1) is 8.97. The second kappa shape index (κ2) is 5.72. The van der Waals surface area contributed by atoms with E-state index in [4.69, 9.17) is 17.3 Å². The van der Waals surface area contributed by atoms with Gasteiger partial charge in [0.15, 0.2) is 0 Å². The Balaban J connectivity index is 2.28. The van der Waals surface area contributed by atoms with Crippen molar-refractivity contribution >= 4 is 28.1 Å². The highest BCUT2D eigenvalue weighted by Crippen LogP contribution is 2.24. The first kappa shape index (κ1) is 14.0. The van der Waals surface area contributed by atoms with Crippen molar-refractivity contribution in [1.29, 1.82) is 0 Å². The molecule has 5 heteroatoms. The highest BCUT2D eigenvalue weighted by atomic mass is 35.5. The Morgan fingerprint density at radius 1 is 1.26 bits per heavy atom. The average Bonchev–Trinajstić information content (AvgIpc) is 2.33. The van der Waals surface area contributed by atoms with E-state index in [1.165, 1.54) is 12.1 Å². The van der Waals surface area contributed by atoms with Crippen molar-refractivity contribution in [3.05, 3.63) is 58.4 Å². The van der Waals surface area contributed by atoms with Crippen LogP contribution in [0.2, 0.25) is 5.02 Å². The highest BCUT2D eigenvalue weighted by molar-refractivity contribution is 7.84. The van der Waals surface area contributed by atoms with Crippen LogP contribution in [0.3, 0.4) is 0 Å². The fourth-order valence-electron chi connectivity index (χ4n) is 1.74. The predicted molar refractivity (Wildman–Crippen MR) is 77.1 cm³/mol. The van der Waals surface area contributed by atoms with E-state index >= 15 is 0 Å². The summed E-state index contributed by atoms with van der Waals surface area (Å²) in [6.45, 7) is 1.86. The van der Waals surface area contributed by atoms with E-state index in [1.54, 1.807) is 24.3 Å². The van der Waals surface area contributed by atoms with Crippen LogP contribution in [-0.4, -0.2) is 4.21 Å². The van der Waals surface area contributed by atoms with Crippen molar-refractivity contribution in [2.45, 2.75) is 17.6 Å². The first-order valence-corrected chi connectivity index (χ1v) is 7.35. The molecule has 2 nitrogen and oxygen atoms in total. The number of anilines is 1. The van der Waals surface area contributed by atoms with Gasteiger partial charge in [0.05, 0.1) is 21.4 Å². The molecule has 0 amide bonds. The molecular formula is C14H13ClFNOS. The number of benzene rings is 2. The van der Waals surface area contributed by atoms with Gasteiger partial charge in [0.2, 0.25) is 0 Å². The summed E-state index contributed by atoms with van der Waals surface area (Å²) in [5.41, 5.74) is 7.80. The fraction of sp³-hybridized carbons (Fsp3) is 0.143. The van der Waals surface area contributed by atoms with E-state index in [0.717, 1.165) is 5.56 Å². The third kappa shape index (κ3) is 3.33. The zero-order chi connectivity index (χ0) is 14.0. The number of hydrogen-bond acceptors (Lipinski definition) is 2. The molecule has 0 aliphatic carbocycles. The molecule has 2 aromatic carbocycles. The quantitative estimate of drug-likeness (QED) is 0.878. The van der Waals surface area contributed by atoms with Crippen LogP contribution in [0, 0.1) is 12.7 Å². The lowest BCUT2D eigenvalue weighted by molar-refractivity contribution is 0.625. The third-order valence-electron chi connectivity index (χ3n) is 2.81. The van der Waals surface area contributed by atoms with Crippen molar-refractivity contribution < 1.29 is 8.60 Å². The van der Waals surface area contributed by atoms with E-state index in [-0.39, 0.29) is 11.6 Å². The molecule has 0 aliphatic heterocycles. The summed E-state index contributed by atoms with van der Waals surface area (Å²) in [6.07, 6.45) is 0. The summed E-state index contributed by atoms with van der Waals surface area (Å²) in [4.78, 5) is 0.521. The van der Waals surface area contributed by atoms with E-state index in [1.807, 2.05) is 6.92 Å². The van der Waals surface area contributed by atoms with Gasteiger partial charge in [-0.2, -0.15) is 0 Å². The molecule has 2 N–H and O–H groups in total. The van der Waals surface area contributed by atoms with Crippen molar-refractivity contribution in [2.24, 2.45) is 0 Å². The van der Waals surface area contributed by atoms with E-state index in [0.29, 0.717) is 21.2 Å². The van der Waals surface area contributed by atoms with Crippen LogP contribution < -0.4 is 5.73 Å². The van der Waals surface area contributed by atoms with Crippen molar-refractivity contribution in [3.63, 3.8) is 0 Å². The Morgan fingerprint density at radius 2 is 2.00 bits per heavy atom. The fourth-order valence-corrected chi connectivity index (χ4v) is 3.21. The van der Waals surface area contributed by atoms with Crippen LogP contribution in [0.1, 0.15) is 11.1 Å². The Morgan fingerprint density at radius 3 is 2.68 bits per heavy atom. The Bertz CT molecular complexity index is 645. The van der Waals surface area contributed by atoms with Gasteiger partial charge < -0.3 is 5.73 Å². The maximum Gasteiger partial charge on any atom is 0.123 e. The maximum absolute atomic E-state index is 13.2. The molecule has 0 aliphatic rings. The van der Waals surface area contributed by atoms with Crippen LogP contribution in [0.15, 0.2) is 41.3 Å². The normalized spacial score (nSPS) is 12.4. The molecule has 0 aromatic heterocycles. The van der Waals surface area contributed by atoms with Gasteiger partial charge in [0.1, 0.15) is 5.82 Å². The van der Waals surface area contributed by atoms with Gasteiger partial charge in [-0.1, -0.05) is 17.7 Å². The van der Waals surface area contributed by atoms with E-state index in [2.05, 4.69) is 0 Å². The molecule has 1 unspecified atom stereocenters. The smallest absolute Gasteiger partial charge is 0.123 e. The minimum atomic E-state index is -1.32. The first-order valence-electron chi connectivity index (χ1n) is 5.66. The molecule has 0 saturated carbocycles. The number of nitrogen functional groups attached to an aromatic ring is 1. The Labute approximate surface area is 118 Å². The average molecular weight is 298 g/mol. The predicted octanol–water partition coefficient (Wildman–Crippen LogP) is 3.68. The summed E-state index contributed by atoms with van der Waals surface area (Å²) in [6, 6.07) is 9.31. The molecule has 0 saturated heterocycles. The van der Waals surface area contributed by atoms with Gasteiger partial charge in [0, 0.05) is 10.7 Å². The number of nitrogens with two attached hydrogens (primary N) is 1. The van der Waals surface area contributed by atoms with Gasteiger partial charge in [-0.3, -0.25) is 4.21 Å². The van der Waals surface area contributed by atoms with Gasteiger partial charge in [-0.25, -0.2) is 4.39 Å². The van der Waals surface area contributed by atoms with Crippen LogP contribution in [0.25, 0.3) is 0 Å². The lowest BCUT2D eigenvalue weighted by Gasteiger charge is -2.08. The molecule has 1 atom stereocenters. The van der Waals surface area contributed by atoms with Crippen LogP contribution in [0.4, 0.5) is 10.1 Å². The monoisotopic (exact) mass is 297 g/mol. The molecule has 0 fully saturated rings. The summed E-state index contributed by atoms with van der Waals surface area (Å²) in [7, 11) is -1.32. The highest BCUT2D eigenvalue weighted by Gasteiger charge is 2.11. The molecule has 100 valence electrons. The van der Waals surface area contributed by atoms with Crippen LogP contribution in [-0.2, 0) is 16.6 Å². The van der Waals surface area contributed by atoms with Crippen LogP contribution in [0.5, 0.6) is 0 Å². The Kier molecular flexibility index (Phi) is 4.22. The topological polar surface area (TPSA) is 43.1 Å². The van der Waals surface area contributed by atoms with Gasteiger partial charge in [0.25, 0.3) is 0 Å². The Hall–Kier alpha value is -1.39. The van der Waals surface area contributed by atoms with Gasteiger partial charge in [-0.15, -0.1) is 0 Å². The minimum Gasteiger partial charge on any atom is -0.398 e. The second-order valence-corrected chi connectivity index (χ2v) is 6.10. The van der Waals surface area contributed by atoms with Gasteiger partial charge >= 0.3 is 0 Å². The number of hydrogen-bond donors (Lipinski definition) is 1. The standard InChI is InChI=1S/C14H13ClFNOS/c1-9-2-4-12(16)6-10(9)8-19(18)14-5-3-11(15)7-13(14)17/h2-7H,8,17H2,1H3. The lowest BCUT2D eigenvalue weighted by atomic mass is 10.1. The lowest BCUT2D eigenvalue weighted by Crippen LogP contribution is -2.02. The molecule has 2 aromatic rings. The third-order valence-corrected chi connectivity index (χ3v) is 4.49. The largest absolute Gasteiger partial charge is 0.398 e. The molecule has 0 radical (unpaired) electrons. The number of halogens is 2. The molecule has 0 bridgehead atoms. The molecule has 2 rings (SSSR count). The second-order valence-electron chi connectivity index (χ2n) is 4.24. The number of rotatable bonds is 3. The summed E-state index contributed by atoms with van der Waals surface area (Å²) in [5, 5.41) is 0.500. The summed E-state index contributed by atoms with van der Waals surface area (Å²) in [5.74, 6) is -0.100. The van der Waals surface area contributed by atoms with Crippen molar-refractivity contribution in [3.8, 4) is 0 Å². The maximum atomic E-state index is 13.2. The molecule has 0 heterocycles. The zero-order valence-corrected chi connectivity index (χ0v) is 11.9. The minimum absolute atomic E-state index is 0.232. The summed E-state index contributed by atoms with van der Waals surface area (Å²) >= 11 is 5.80.